The standard InChI is InChI=1S/C23H15Cl2N7O5/c24-16-9-13(30-31-18(11-26)21(34)37-22(27)35)10-17(25)19(16)36-14-2-3-15-12(8-14)4-7-32(20(15)33)23-28-5-1-6-29-23/h1-3,5-6,8-10,30H,4,7H2,(H2,27,35). The van der Waals surface area contributed by atoms with Gasteiger partial charge in [-0.15, -0.1) is 0 Å². The summed E-state index contributed by atoms with van der Waals surface area (Å²) < 4.78 is 9.99. The van der Waals surface area contributed by atoms with Crippen molar-refractivity contribution in [2.24, 2.45) is 10.8 Å². The van der Waals surface area contributed by atoms with Crippen molar-refractivity contribution in [3.63, 3.8) is 0 Å². The molecule has 2 heterocycles. The molecule has 0 spiro atoms. The van der Waals surface area contributed by atoms with E-state index in [-0.39, 0.29) is 27.4 Å². The highest BCUT2D eigenvalue weighted by atomic mass is 35.5. The van der Waals surface area contributed by atoms with Gasteiger partial charge in [-0.25, -0.2) is 19.6 Å². The van der Waals surface area contributed by atoms with Crippen LogP contribution in [0.2, 0.25) is 10.0 Å². The molecule has 0 radical (unpaired) electrons. The van der Waals surface area contributed by atoms with Crippen LogP contribution in [0.25, 0.3) is 0 Å². The third-order valence-electron chi connectivity index (χ3n) is 4.96. The molecule has 37 heavy (non-hydrogen) atoms. The maximum atomic E-state index is 12.9. The van der Waals surface area contributed by atoms with E-state index in [1.807, 2.05) is 0 Å². The molecule has 186 valence electrons. The van der Waals surface area contributed by atoms with E-state index in [2.05, 4.69) is 25.2 Å². The fourth-order valence-electron chi connectivity index (χ4n) is 3.37. The highest BCUT2D eigenvalue weighted by molar-refractivity contribution is 6.44. The van der Waals surface area contributed by atoms with Gasteiger partial charge in [0.1, 0.15) is 11.8 Å². The lowest BCUT2D eigenvalue weighted by atomic mass is 9.99. The zero-order chi connectivity index (χ0) is 26.5. The highest BCUT2D eigenvalue weighted by Gasteiger charge is 2.27. The van der Waals surface area contributed by atoms with Crippen molar-refractivity contribution in [1.82, 2.24) is 9.97 Å². The quantitative estimate of drug-likeness (QED) is 0.205. The minimum atomic E-state index is -1.38. The molecule has 0 saturated carbocycles. The summed E-state index contributed by atoms with van der Waals surface area (Å²) in [6.45, 7) is 0.402. The molecule has 3 aromatic rings. The Kier molecular flexibility index (Phi) is 7.47. The number of nitriles is 1. The second-order valence-electron chi connectivity index (χ2n) is 7.34. The number of halogens is 2. The molecule has 0 fully saturated rings. The fourth-order valence-corrected chi connectivity index (χ4v) is 3.93. The third-order valence-corrected chi connectivity index (χ3v) is 5.52. The number of rotatable bonds is 6. The molecule has 1 aromatic heterocycles. The van der Waals surface area contributed by atoms with Gasteiger partial charge in [-0.3, -0.25) is 15.1 Å². The van der Waals surface area contributed by atoms with Crippen molar-refractivity contribution in [3.8, 4) is 17.6 Å². The van der Waals surface area contributed by atoms with Crippen molar-refractivity contribution in [2.75, 3.05) is 16.9 Å². The van der Waals surface area contributed by atoms with Crippen molar-refractivity contribution in [3.05, 3.63) is 70.0 Å². The van der Waals surface area contributed by atoms with Crippen LogP contribution in [0.15, 0.2) is 53.9 Å². The predicted molar refractivity (Wildman–Crippen MR) is 133 cm³/mol. The summed E-state index contributed by atoms with van der Waals surface area (Å²) in [5.74, 6) is -0.679. The Balaban J connectivity index is 1.50. The highest BCUT2D eigenvalue weighted by Crippen LogP contribution is 2.39. The number of carbonyl (C=O) groups is 3. The van der Waals surface area contributed by atoms with Crippen LogP contribution >= 0.6 is 23.2 Å². The van der Waals surface area contributed by atoms with Crippen LogP contribution in [0, 0.1) is 11.3 Å². The number of benzene rings is 2. The van der Waals surface area contributed by atoms with Crippen LogP contribution in [0.1, 0.15) is 15.9 Å². The minimum absolute atomic E-state index is 0.0876. The predicted octanol–water partition coefficient (Wildman–Crippen LogP) is 3.69. The van der Waals surface area contributed by atoms with E-state index in [1.54, 1.807) is 36.7 Å². The summed E-state index contributed by atoms with van der Waals surface area (Å²) in [6.07, 6.45) is 2.32. The number of anilines is 2. The lowest BCUT2D eigenvalue weighted by Crippen LogP contribution is -2.38. The summed E-state index contributed by atoms with van der Waals surface area (Å²) >= 11 is 12.7. The van der Waals surface area contributed by atoms with Crippen molar-refractivity contribution < 1.29 is 23.9 Å². The average Bonchev–Trinajstić information content (AvgIpc) is 2.87. The fraction of sp³-hybridized carbons (Fsp3) is 0.0870. The first-order valence-corrected chi connectivity index (χ1v) is 11.2. The van der Waals surface area contributed by atoms with Gasteiger partial charge in [-0.1, -0.05) is 23.2 Å². The molecule has 0 atom stereocenters. The van der Waals surface area contributed by atoms with Gasteiger partial charge in [-0.05, 0) is 48.4 Å². The average molecular weight is 540 g/mol. The molecule has 4 rings (SSSR count). The number of hydrazone groups is 1. The van der Waals surface area contributed by atoms with E-state index in [4.69, 9.17) is 38.9 Å². The number of primary amides is 1. The number of nitrogens with one attached hydrogen (secondary N) is 1. The molecule has 2 aromatic carbocycles. The van der Waals surface area contributed by atoms with E-state index in [9.17, 15) is 14.4 Å². The Hall–Kier alpha value is -4.73. The Morgan fingerprint density at radius 3 is 2.51 bits per heavy atom. The summed E-state index contributed by atoms with van der Waals surface area (Å²) in [6, 6.07) is 10.9. The second kappa shape index (κ2) is 10.9. The number of esters is 1. The van der Waals surface area contributed by atoms with Crippen LogP contribution in [-0.4, -0.2) is 40.2 Å². The SMILES string of the molecule is N#CC(=NNc1cc(Cl)c(Oc2ccc3c(c2)CCN(c2ncccn2)C3=O)c(Cl)c1)C(=O)OC(N)=O. The molecule has 0 unspecified atom stereocenters. The van der Waals surface area contributed by atoms with Crippen LogP contribution in [-0.2, 0) is 16.0 Å². The van der Waals surface area contributed by atoms with Crippen LogP contribution in [0.5, 0.6) is 11.5 Å². The van der Waals surface area contributed by atoms with Gasteiger partial charge in [0.05, 0.1) is 15.7 Å². The third kappa shape index (κ3) is 5.75. The number of amides is 2. The van der Waals surface area contributed by atoms with E-state index < -0.39 is 17.8 Å². The summed E-state index contributed by atoms with van der Waals surface area (Å²) in [5, 5.41) is 12.7. The number of ether oxygens (including phenoxy) is 2. The summed E-state index contributed by atoms with van der Waals surface area (Å²) in [5.41, 5.74) is 7.90. The van der Waals surface area contributed by atoms with Crippen molar-refractivity contribution >= 4 is 58.5 Å². The molecule has 12 nitrogen and oxygen atoms in total. The number of carbonyl (C=O) groups excluding carboxylic acids is 3. The first kappa shape index (κ1) is 25.4. The molecular weight excluding hydrogens is 525 g/mol. The molecule has 2 amide bonds. The van der Waals surface area contributed by atoms with Crippen molar-refractivity contribution in [2.45, 2.75) is 6.42 Å². The molecule has 0 aliphatic carbocycles. The summed E-state index contributed by atoms with van der Waals surface area (Å²) in [7, 11) is 0. The first-order chi connectivity index (χ1) is 17.8. The lowest BCUT2D eigenvalue weighted by Gasteiger charge is -2.27. The molecule has 1 aliphatic rings. The number of hydrogen-bond acceptors (Lipinski definition) is 10. The molecule has 0 bridgehead atoms. The Labute approximate surface area is 219 Å². The molecule has 0 saturated heterocycles. The molecular formula is C23H15Cl2N7O5. The van der Waals surface area contributed by atoms with Gasteiger partial charge < -0.3 is 15.2 Å². The molecule has 14 heteroatoms. The monoisotopic (exact) mass is 539 g/mol. The van der Waals surface area contributed by atoms with Gasteiger partial charge in [0, 0.05) is 24.5 Å². The number of nitrogens with zero attached hydrogens (tertiary/aromatic N) is 5. The second-order valence-corrected chi connectivity index (χ2v) is 8.15. The Morgan fingerprint density at radius 1 is 1.16 bits per heavy atom. The topological polar surface area (TPSA) is 173 Å². The maximum Gasteiger partial charge on any atom is 0.412 e. The van der Waals surface area contributed by atoms with Gasteiger partial charge in [0.15, 0.2) is 5.75 Å². The van der Waals surface area contributed by atoms with Crippen molar-refractivity contribution in [1.29, 1.82) is 5.26 Å². The zero-order valence-electron chi connectivity index (χ0n) is 18.6. The van der Waals surface area contributed by atoms with Crippen LogP contribution < -0.4 is 20.8 Å². The van der Waals surface area contributed by atoms with Gasteiger partial charge in [0.2, 0.25) is 11.7 Å². The van der Waals surface area contributed by atoms with Gasteiger partial charge in [0.25, 0.3) is 5.91 Å². The lowest BCUT2D eigenvalue weighted by molar-refractivity contribution is -0.129. The number of fused-ring (bicyclic) bond motifs is 1. The smallest absolute Gasteiger partial charge is 0.412 e. The van der Waals surface area contributed by atoms with Gasteiger partial charge in [-0.2, -0.15) is 10.4 Å². The number of hydrogen-bond donors (Lipinski definition) is 2. The normalized spacial score (nSPS) is 12.8. The minimum Gasteiger partial charge on any atom is -0.454 e. The van der Waals surface area contributed by atoms with Crippen LogP contribution in [0.3, 0.4) is 0 Å². The van der Waals surface area contributed by atoms with Crippen LogP contribution in [0.4, 0.5) is 16.4 Å². The van der Waals surface area contributed by atoms with E-state index in [1.165, 1.54) is 23.1 Å². The first-order valence-electron chi connectivity index (χ1n) is 10.4. The van der Waals surface area contributed by atoms with E-state index in [0.29, 0.717) is 30.2 Å². The Bertz CT molecular complexity index is 1450. The number of aromatic nitrogens is 2. The largest absolute Gasteiger partial charge is 0.454 e. The molecule has 3 N–H and O–H groups in total. The Morgan fingerprint density at radius 2 is 1.86 bits per heavy atom. The van der Waals surface area contributed by atoms with Gasteiger partial charge >= 0.3 is 12.1 Å². The van der Waals surface area contributed by atoms with E-state index >= 15 is 0 Å². The number of nitrogens with two attached hydrogens (primary N) is 1. The molecule has 1 aliphatic heterocycles. The summed E-state index contributed by atoms with van der Waals surface area (Å²) in [4.78, 5) is 45.0. The maximum absolute atomic E-state index is 12.9. The van der Waals surface area contributed by atoms with E-state index in [0.717, 1.165) is 5.56 Å². The zero-order valence-corrected chi connectivity index (χ0v) is 20.2.